The van der Waals surface area contributed by atoms with Crippen LogP contribution in [0.3, 0.4) is 0 Å². The summed E-state index contributed by atoms with van der Waals surface area (Å²) < 4.78 is 9.33. The highest BCUT2D eigenvalue weighted by molar-refractivity contribution is 7.26. The monoisotopic (exact) mass is 967 g/mol. The zero-order chi connectivity index (χ0) is 49.7. The van der Waals surface area contributed by atoms with Gasteiger partial charge in [-0.2, -0.15) is 0 Å². The van der Waals surface area contributed by atoms with Crippen LogP contribution >= 0.6 is 11.3 Å². The number of fused-ring (bicyclic) bond motifs is 14. The number of furan rings is 1. The summed E-state index contributed by atoms with van der Waals surface area (Å²) in [6.45, 7) is 22.0. The molecule has 0 saturated heterocycles. The van der Waals surface area contributed by atoms with Gasteiger partial charge in [0, 0.05) is 60.4 Å². The van der Waals surface area contributed by atoms with Crippen molar-refractivity contribution in [2.45, 2.75) is 123 Å². The molecule has 0 N–H and O–H groups in total. The predicted octanol–water partition coefficient (Wildman–Crippen LogP) is 17.1. The van der Waals surface area contributed by atoms with E-state index in [2.05, 4.69) is 217 Å². The molecule has 73 heavy (non-hydrogen) atoms. The Morgan fingerprint density at radius 3 is 1.95 bits per heavy atom. The van der Waals surface area contributed by atoms with Crippen LogP contribution in [0.1, 0.15) is 113 Å². The summed E-state index contributed by atoms with van der Waals surface area (Å²) in [7, 11) is 0. The Morgan fingerprint density at radius 1 is 0.507 bits per heavy atom. The fraction of sp³-hybridized carbons (Fsp3) is 0.284. The topological polar surface area (TPSA) is 22.9 Å². The maximum atomic E-state index is 6.70. The Bertz CT molecular complexity index is 4060. The second-order valence-corrected chi connectivity index (χ2v) is 25.5. The van der Waals surface area contributed by atoms with Crippen molar-refractivity contribution < 1.29 is 4.42 Å². The van der Waals surface area contributed by atoms with E-state index >= 15 is 0 Å². The molecular formula is C67H62BN3OS. The van der Waals surface area contributed by atoms with E-state index < -0.39 is 0 Å². The lowest BCUT2D eigenvalue weighted by atomic mass is 9.33. The molecule has 5 aliphatic rings. The van der Waals surface area contributed by atoms with Gasteiger partial charge in [0.2, 0.25) is 0 Å². The smallest absolute Gasteiger partial charge is 0.252 e. The van der Waals surface area contributed by atoms with Crippen LogP contribution in [-0.4, -0.2) is 12.3 Å². The molecule has 0 bridgehead atoms. The average molecular weight is 968 g/mol. The SMILES string of the molecule is Cc1cc2c3c(c1)N(c1cccc4oc5ccccc5c14)c1cc4c(cc1B3c1ccc(N3c5cc(C)cc(C)c5C5(C)CCCCC35C)cc1N2c1cccc2c1sc1ccccc12)C(C)(C)CCC4(C)C. The molecule has 1 saturated carbocycles. The van der Waals surface area contributed by atoms with Crippen LogP contribution in [-0.2, 0) is 16.2 Å². The standard InChI is InChI=1S/C67H62BN3OS/c1-39-32-41(3)61-54(33-39)71(67(9)29-15-14-28-66(61,67)8)42-26-27-48-52(36-42)70(51-22-16-20-44-43-18-11-13-25-59(43)73-63(44)51)56-35-40(2)34-55-62(56)68(48)49-37-46-47(65(6,7)31-30-64(46,4)5)38-53(49)69(55)50-21-17-24-58-60(50)45-19-10-12-23-57(45)72-58/h10-13,16-27,32-38H,14-15,28-31H2,1-9H3. The highest BCUT2D eigenvalue weighted by Gasteiger charge is 2.58. The molecular weight excluding hydrogens is 906 g/mol. The van der Waals surface area contributed by atoms with E-state index in [9.17, 15) is 0 Å². The molecule has 3 aliphatic heterocycles. The van der Waals surface area contributed by atoms with E-state index in [1.807, 2.05) is 11.3 Å². The third-order valence-electron chi connectivity index (χ3n) is 19.2. The lowest BCUT2D eigenvalue weighted by molar-refractivity contribution is 0.194. The van der Waals surface area contributed by atoms with Crippen molar-refractivity contribution in [2.24, 2.45) is 0 Å². The second kappa shape index (κ2) is 14.7. The first-order valence-electron chi connectivity index (χ1n) is 27.0. The van der Waals surface area contributed by atoms with Gasteiger partial charge in [-0.3, -0.25) is 0 Å². The molecule has 4 nitrogen and oxygen atoms in total. The average Bonchev–Trinajstić information content (AvgIpc) is 4.01. The quantitative estimate of drug-likeness (QED) is 0.165. The molecule has 10 aromatic rings. The minimum Gasteiger partial charge on any atom is -0.456 e. The molecule has 360 valence electrons. The van der Waals surface area contributed by atoms with Gasteiger partial charge < -0.3 is 19.1 Å². The summed E-state index contributed by atoms with van der Waals surface area (Å²) in [6.07, 6.45) is 7.17. The van der Waals surface area contributed by atoms with Crippen LogP contribution in [0.15, 0.2) is 144 Å². The van der Waals surface area contributed by atoms with Crippen LogP contribution < -0.4 is 31.1 Å². The number of nitrogens with zero attached hydrogens (tertiary/aromatic N) is 3. The molecule has 0 amide bonds. The number of aryl methyl sites for hydroxylation is 3. The van der Waals surface area contributed by atoms with E-state index in [1.54, 1.807) is 5.56 Å². The summed E-state index contributed by atoms with van der Waals surface area (Å²) in [5, 5.41) is 4.93. The summed E-state index contributed by atoms with van der Waals surface area (Å²) in [4.78, 5) is 8.15. The molecule has 2 atom stereocenters. The lowest BCUT2D eigenvalue weighted by Gasteiger charge is -2.51. The van der Waals surface area contributed by atoms with Crippen LogP contribution in [0.5, 0.6) is 0 Å². The molecule has 5 heterocycles. The molecule has 15 rings (SSSR count). The highest BCUT2D eigenvalue weighted by atomic mass is 32.1. The number of rotatable bonds is 3. The van der Waals surface area contributed by atoms with Gasteiger partial charge in [-0.15, -0.1) is 11.3 Å². The van der Waals surface area contributed by atoms with Crippen LogP contribution in [0.4, 0.5) is 45.5 Å². The summed E-state index contributed by atoms with van der Waals surface area (Å²) in [5.41, 5.74) is 24.5. The number of para-hydroxylation sites is 1. The van der Waals surface area contributed by atoms with Gasteiger partial charge in [0.05, 0.1) is 27.0 Å². The zero-order valence-electron chi connectivity index (χ0n) is 43.8. The minimum absolute atomic E-state index is 0.0174. The fourth-order valence-electron chi connectivity index (χ4n) is 15.5. The Kier molecular flexibility index (Phi) is 8.83. The third-order valence-corrected chi connectivity index (χ3v) is 20.4. The normalized spacial score (nSPS) is 21.1. The van der Waals surface area contributed by atoms with Gasteiger partial charge in [-0.05, 0) is 181 Å². The second-order valence-electron chi connectivity index (χ2n) is 24.4. The molecule has 2 aliphatic carbocycles. The maximum Gasteiger partial charge on any atom is 0.252 e. The molecule has 0 spiro atoms. The Hall–Kier alpha value is -6.76. The van der Waals surface area contributed by atoms with Gasteiger partial charge >= 0.3 is 0 Å². The first-order chi connectivity index (χ1) is 35.1. The summed E-state index contributed by atoms with van der Waals surface area (Å²) in [6, 6.07) is 54.2. The largest absolute Gasteiger partial charge is 0.456 e. The van der Waals surface area contributed by atoms with E-state index in [0.29, 0.717) is 0 Å². The Morgan fingerprint density at radius 2 is 1.14 bits per heavy atom. The fourth-order valence-corrected chi connectivity index (χ4v) is 16.7. The lowest BCUT2D eigenvalue weighted by Crippen LogP contribution is -2.62. The molecule has 6 heteroatoms. The Labute approximate surface area is 434 Å². The van der Waals surface area contributed by atoms with Gasteiger partial charge in [-0.1, -0.05) is 120 Å². The molecule has 0 radical (unpaired) electrons. The van der Waals surface area contributed by atoms with E-state index in [0.717, 1.165) is 46.9 Å². The van der Waals surface area contributed by atoms with Crippen molar-refractivity contribution in [3.63, 3.8) is 0 Å². The first-order valence-corrected chi connectivity index (χ1v) is 27.8. The number of anilines is 8. The summed E-state index contributed by atoms with van der Waals surface area (Å²) in [5.74, 6) is 0. The van der Waals surface area contributed by atoms with Crippen LogP contribution in [0.2, 0.25) is 0 Å². The van der Waals surface area contributed by atoms with Gasteiger partial charge in [-0.25, -0.2) is 0 Å². The number of hydrogen-bond acceptors (Lipinski definition) is 5. The van der Waals surface area contributed by atoms with Crippen molar-refractivity contribution in [3.05, 3.63) is 173 Å². The van der Waals surface area contributed by atoms with Crippen LogP contribution in [0.25, 0.3) is 42.1 Å². The molecule has 2 unspecified atom stereocenters. The van der Waals surface area contributed by atoms with Crippen molar-refractivity contribution in [1.82, 2.24) is 0 Å². The van der Waals surface area contributed by atoms with Crippen molar-refractivity contribution in [2.75, 3.05) is 14.7 Å². The van der Waals surface area contributed by atoms with Gasteiger partial charge in [0.15, 0.2) is 0 Å². The number of benzene rings is 8. The van der Waals surface area contributed by atoms with Crippen molar-refractivity contribution in [3.8, 4) is 0 Å². The van der Waals surface area contributed by atoms with Crippen LogP contribution in [0, 0.1) is 20.8 Å². The Balaban J connectivity index is 1.07. The molecule has 8 aromatic carbocycles. The van der Waals surface area contributed by atoms with E-state index in [1.165, 1.54) is 123 Å². The summed E-state index contributed by atoms with van der Waals surface area (Å²) >= 11 is 1.93. The first kappa shape index (κ1) is 43.8. The van der Waals surface area contributed by atoms with E-state index in [-0.39, 0.29) is 28.5 Å². The van der Waals surface area contributed by atoms with E-state index in [4.69, 9.17) is 4.42 Å². The third kappa shape index (κ3) is 5.74. The van der Waals surface area contributed by atoms with Gasteiger partial charge in [0.25, 0.3) is 6.71 Å². The highest BCUT2D eigenvalue weighted by Crippen LogP contribution is 2.62. The maximum absolute atomic E-state index is 6.70. The van der Waals surface area contributed by atoms with Gasteiger partial charge in [0.1, 0.15) is 11.2 Å². The van der Waals surface area contributed by atoms with Crippen molar-refractivity contribution >= 4 is 122 Å². The van der Waals surface area contributed by atoms with Crippen molar-refractivity contribution in [1.29, 1.82) is 0 Å². The zero-order valence-corrected chi connectivity index (χ0v) is 44.6. The minimum atomic E-state index is -0.0826. The number of hydrogen-bond donors (Lipinski definition) is 0. The molecule has 2 aromatic heterocycles. The number of thiophene rings is 1. The predicted molar refractivity (Wildman–Crippen MR) is 313 cm³/mol. The molecule has 1 fully saturated rings.